The summed E-state index contributed by atoms with van der Waals surface area (Å²) in [7, 11) is -3.73. The molecule has 2 aromatic rings. The number of pyridine rings is 1. The van der Waals surface area contributed by atoms with Crippen molar-refractivity contribution in [2.75, 3.05) is 16.6 Å². The van der Waals surface area contributed by atoms with Crippen molar-refractivity contribution in [2.24, 2.45) is 0 Å². The van der Waals surface area contributed by atoms with E-state index in [4.69, 9.17) is 11.6 Å². The van der Waals surface area contributed by atoms with Gasteiger partial charge in [-0.2, -0.15) is 0 Å². The van der Waals surface area contributed by atoms with Gasteiger partial charge in [0.2, 0.25) is 0 Å². The average molecular weight is 391 g/mol. The first kappa shape index (κ1) is 16.1. The first-order valence-electron chi connectivity index (χ1n) is 6.11. The Bertz CT molecular complexity index is 753. The second-order valence-corrected chi connectivity index (χ2v) is 7.03. The lowest BCUT2D eigenvalue weighted by molar-refractivity contribution is 0.601. The zero-order valence-corrected chi connectivity index (χ0v) is 14.3. The van der Waals surface area contributed by atoms with Gasteiger partial charge in [0, 0.05) is 17.2 Å². The van der Waals surface area contributed by atoms with Crippen LogP contribution >= 0.6 is 27.5 Å². The second kappa shape index (κ2) is 6.64. The number of halogens is 2. The zero-order valence-electron chi connectivity index (χ0n) is 11.1. The van der Waals surface area contributed by atoms with Crippen molar-refractivity contribution < 1.29 is 8.42 Å². The van der Waals surface area contributed by atoms with Gasteiger partial charge in [-0.05, 0) is 53.2 Å². The normalized spacial score (nSPS) is 11.2. The molecule has 0 saturated carbocycles. The van der Waals surface area contributed by atoms with Gasteiger partial charge in [0.1, 0.15) is 10.7 Å². The predicted octanol–water partition coefficient (Wildman–Crippen LogP) is 3.73. The summed E-state index contributed by atoms with van der Waals surface area (Å²) >= 11 is 9.15. The first-order chi connectivity index (χ1) is 9.94. The van der Waals surface area contributed by atoms with Gasteiger partial charge >= 0.3 is 0 Å². The number of hydrogen-bond acceptors (Lipinski definition) is 4. The lowest BCUT2D eigenvalue weighted by Crippen LogP contribution is -2.16. The van der Waals surface area contributed by atoms with Crippen molar-refractivity contribution in [3.05, 3.63) is 46.0 Å². The number of nitrogens with zero attached hydrogens (tertiary/aromatic N) is 1. The Kier molecular flexibility index (Phi) is 5.08. The van der Waals surface area contributed by atoms with Gasteiger partial charge in [-0.1, -0.05) is 11.6 Å². The third kappa shape index (κ3) is 3.87. The van der Waals surface area contributed by atoms with E-state index in [1.165, 1.54) is 12.3 Å². The Balaban J connectivity index is 2.36. The highest BCUT2D eigenvalue weighted by Crippen LogP contribution is 2.28. The molecule has 0 aliphatic heterocycles. The third-order valence-corrected chi connectivity index (χ3v) is 5.20. The molecule has 0 fully saturated rings. The number of nitrogens with one attached hydrogen (secondary N) is 2. The van der Waals surface area contributed by atoms with E-state index in [2.05, 4.69) is 31.0 Å². The monoisotopic (exact) mass is 389 g/mol. The number of sulfonamides is 1. The molecule has 2 N–H and O–H groups in total. The summed E-state index contributed by atoms with van der Waals surface area (Å²) in [4.78, 5) is 4.14. The highest BCUT2D eigenvalue weighted by atomic mass is 79.9. The van der Waals surface area contributed by atoms with Crippen molar-refractivity contribution in [1.29, 1.82) is 0 Å². The Morgan fingerprint density at radius 2 is 2.10 bits per heavy atom. The first-order valence-corrected chi connectivity index (χ1v) is 8.76. The molecule has 5 nitrogen and oxygen atoms in total. The Labute approximate surface area is 136 Å². The molecule has 0 radical (unpaired) electrons. The summed E-state index contributed by atoms with van der Waals surface area (Å²) < 4.78 is 28.0. The maximum atomic E-state index is 12.5. The van der Waals surface area contributed by atoms with Crippen molar-refractivity contribution >= 4 is 49.1 Å². The number of hydrogen-bond donors (Lipinski definition) is 2. The molecule has 8 heteroatoms. The van der Waals surface area contributed by atoms with Crippen LogP contribution in [0.3, 0.4) is 0 Å². The Morgan fingerprint density at radius 3 is 2.76 bits per heavy atom. The van der Waals surface area contributed by atoms with E-state index < -0.39 is 10.0 Å². The number of anilines is 2. The van der Waals surface area contributed by atoms with Gasteiger partial charge in [-0.3, -0.25) is 4.72 Å². The van der Waals surface area contributed by atoms with Gasteiger partial charge in [-0.25, -0.2) is 13.4 Å². The second-order valence-electron chi connectivity index (χ2n) is 4.11. The highest BCUT2D eigenvalue weighted by Gasteiger charge is 2.19. The summed E-state index contributed by atoms with van der Waals surface area (Å²) in [5.74, 6) is 0.320. The molecular weight excluding hydrogens is 378 g/mol. The van der Waals surface area contributed by atoms with Crippen LogP contribution in [0.1, 0.15) is 6.92 Å². The van der Waals surface area contributed by atoms with E-state index in [9.17, 15) is 8.42 Å². The van der Waals surface area contributed by atoms with Crippen molar-refractivity contribution in [3.8, 4) is 0 Å². The molecule has 1 heterocycles. The van der Waals surface area contributed by atoms with Crippen LogP contribution < -0.4 is 10.0 Å². The van der Waals surface area contributed by atoms with Gasteiger partial charge < -0.3 is 5.32 Å². The summed E-state index contributed by atoms with van der Waals surface area (Å²) in [6.07, 6.45) is 1.54. The van der Waals surface area contributed by atoms with Crippen LogP contribution in [0.5, 0.6) is 0 Å². The quantitative estimate of drug-likeness (QED) is 0.816. The van der Waals surface area contributed by atoms with Gasteiger partial charge in [0.25, 0.3) is 10.0 Å². The SMILES string of the molecule is CCNc1ncccc1S(=O)(=O)Nc1ccc(Cl)c(Br)c1. The van der Waals surface area contributed by atoms with E-state index in [1.807, 2.05) is 6.92 Å². The van der Waals surface area contributed by atoms with Crippen LogP contribution in [0.25, 0.3) is 0 Å². The zero-order chi connectivity index (χ0) is 15.5. The molecule has 0 amide bonds. The molecule has 0 spiro atoms. The molecule has 21 heavy (non-hydrogen) atoms. The molecule has 1 aromatic heterocycles. The van der Waals surface area contributed by atoms with Crippen LogP contribution in [0.4, 0.5) is 11.5 Å². The Hall–Kier alpha value is -1.31. The maximum Gasteiger partial charge on any atom is 0.265 e. The molecule has 0 saturated heterocycles. The van der Waals surface area contributed by atoms with Crippen LogP contribution in [0, 0.1) is 0 Å². The largest absolute Gasteiger partial charge is 0.369 e. The maximum absolute atomic E-state index is 12.5. The molecule has 0 unspecified atom stereocenters. The minimum absolute atomic E-state index is 0.0953. The minimum Gasteiger partial charge on any atom is -0.369 e. The lowest BCUT2D eigenvalue weighted by atomic mass is 10.3. The molecule has 1 aromatic carbocycles. The fraction of sp³-hybridized carbons (Fsp3) is 0.154. The topological polar surface area (TPSA) is 71.1 Å². The van der Waals surface area contributed by atoms with Crippen molar-refractivity contribution in [2.45, 2.75) is 11.8 Å². The summed E-state index contributed by atoms with van der Waals surface area (Å²) in [5, 5.41) is 3.43. The summed E-state index contributed by atoms with van der Waals surface area (Å²) in [6, 6.07) is 7.88. The molecule has 112 valence electrons. The van der Waals surface area contributed by atoms with Gasteiger partial charge in [0.05, 0.1) is 10.7 Å². The summed E-state index contributed by atoms with van der Waals surface area (Å²) in [5.41, 5.74) is 0.414. The highest BCUT2D eigenvalue weighted by molar-refractivity contribution is 9.10. The van der Waals surface area contributed by atoms with E-state index in [0.29, 0.717) is 27.5 Å². The van der Waals surface area contributed by atoms with Crippen molar-refractivity contribution in [1.82, 2.24) is 4.98 Å². The van der Waals surface area contributed by atoms with Crippen LogP contribution in [-0.4, -0.2) is 19.9 Å². The van der Waals surface area contributed by atoms with E-state index in [0.717, 1.165) is 0 Å². The number of aromatic nitrogens is 1. The van der Waals surface area contributed by atoms with Gasteiger partial charge in [-0.15, -0.1) is 0 Å². The average Bonchev–Trinajstić information content (AvgIpc) is 2.43. The van der Waals surface area contributed by atoms with Gasteiger partial charge in [0.15, 0.2) is 0 Å². The standard InChI is InChI=1S/C13H13BrClN3O2S/c1-2-16-13-12(4-3-7-17-13)21(19,20)18-9-5-6-11(15)10(14)8-9/h3-8,18H,2H2,1H3,(H,16,17). The fourth-order valence-corrected chi connectivity index (χ4v) is 3.36. The van der Waals surface area contributed by atoms with E-state index in [-0.39, 0.29) is 4.90 Å². The predicted molar refractivity (Wildman–Crippen MR) is 88.4 cm³/mol. The van der Waals surface area contributed by atoms with Crippen LogP contribution in [-0.2, 0) is 10.0 Å². The van der Waals surface area contributed by atoms with Crippen molar-refractivity contribution in [3.63, 3.8) is 0 Å². The lowest BCUT2D eigenvalue weighted by Gasteiger charge is -2.12. The van der Waals surface area contributed by atoms with Crippen LogP contribution in [0.15, 0.2) is 45.9 Å². The molecular formula is C13H13BrClN3O2S. The molecule has 0 aliphatic carbocycles. The fourth-order valence-electron chi connectivity index (χ4n) is 1.68. The third-order valence-electron chi connectivity index (χ3n) is 2.58. The summed E-state index contributed by atoms with van der Waals surface area (Å²) in [6.45, 7) is 2.45. The number of rotatable bonds is 5. The number of benzene rings is 1. The molecule has 2 rings (SSSR count). The minimum atomic E-state index is -3.73. The van der Waals surface area contributed by atoms with E-state index >= 15 is 0 Å². The molecule has 0 atom stereocenters. The Morgan fingerprint density at radius 1 is 1.33 bits per heavy atom. The van der Waals surface area contributed by atoms with Crippen LogP contribution in [0.2, 0.25) is 5.02 Å². The smallest absolute Gasteiger partial charge is 0.265 e. The molecule has 0 bridgehead atoms. The van der Waals surface area contributed by atoms with E-state index in [1.54, 1.807) is 24.3 Å². The molecule has 0 aliphatic rings.